The molecule has 0 radical (unpaired) electrons. The van der Waals surface area contributed by atoms with Crippen LogP contribution in [0, 0.1) is 0 Å². The van der Waals surface area contributed by atoms with E-state index in [4.69, 9.17) is 14.0 Å². The lowest BCUT2D eigenvalue weighted by Gasteiger charge is -2.26. The number of hydrogen-bond acceptors (Lipinski definition) is 7. The first-order valence-electron chi connectivity index (χ1n) is 11.5. The zero-order valence-corrected chi connectivity index (χ0v) is 20.2. The molecule has 1 saturated heterocycles. The number of fused-ring (bicyclic) bond motifs is 4. The molecular formula is C25H25N3O6S. The second-order valence-corrected chi connectivity index (χ2v) is 10.3. The number of rotatable bonds is 6. The van der Waals surface area contributed by atoms with Crippen molar-refractivity contribution in [3.05, 3.63) is 47.5 Å². The third kappa shape index (κ3) is 3.42. The van der Waals surface area contributed by atoms with Crippen LogP contribution in [0.2, 0.25) is 0 Å². The molecule has 9 nitrogen and oxygen atoms in total. The summed E-state index contributed by atoms with van der Waals surface area (Å²) in [5.41, 5.74) is 3.64. The maximum Gasteiger partial charge on any atom is 0.255 e. The largest absolute Gasteiger partial charge is 0.495 e. The van der Waals surface area contributed by atoms with Crippen LogP contribution in [0.5, 0.6) is 11.5 Å². The predicted octanol–water partition coefficient (Wildman–Crippen LogP) is 3.18. The molecule has 2 aliphatic carbocycles. The third-order valence-electron chi connectivity index (χ3n) is 7.22. The minimum atomic E-state index is -1.71. The Labute approximate surface area is 204 Å². The van der Waals surface area contributed by atoms with E-state index in [2.05, 4.69) is 15.9 Å². The first-order valence-corrected chi connectivity index (χ1v) is 12.6. The summed E-state index contributed by atoms with van der Waals surface area (Å²) in [4.78, 5) is 14.4. The van der Waals surface area contributed by atoms with Gasteiger partial charge in [0.05, 0.1) is 14.2 Å². The number of carbonyl (C=O) groups excluding carboxylic acids is 1. The fourth-order valence-corrected chi connectivity index (χ4v) is 6.31. The molecule has 1 aromatic heterocycles. The third-order valence-corrected chi connectivity index (χ3v) is 8.37. The van der Waals surface area contributed by atoms with Gasteiger partial charge in [0.15, 0.2) is 22.6 Å². The lowest BCUT2D eigenvalue weighted by atomic mass is 9.79. The topological polar surface area (TPSA) is 114 Å². The normalized spacial score (nSPS) is 20.4. The quantitative estimate of drug-likeness (QED) is 0.540. The van der Waals surface area contributed by atoms with Gasteiger partial charge in [-0.05, 0) is 49.1 Å². The minimum Gasteiger partial charge on any atom is -0.495 e. The van der Waals surface area contributed by atoms with Crippen LogP contribution >= 0.6 is 0 Å². The highest BCUT2D eigenvalue weighted by molar-refractivity contribution is 7.86. The van der Waals surface area contributed by atoms with Gasteiger partial charge >= 0.3 is 0 Å². The van der Waals surface area contributed by atoms with Gasteiger partial charge in [0, 0.05) is 35.2 Å². The second-order valence-electron chi connectivity index (χ2n) is 9.18. The SMILES string of the molecule is COc1cccc(OC)c1S(=O)Nc1noc2c1CC1(CC1)c1ccc(N3CCC(O)C3=O)cc1-2. The van der Waals surface area contributed by atoms with E-state index in [0.29, 0.717) is 40.9 Å². The minimum absolute atomic E-state index is 0.0129. The van der Waals surface area contributed by atoms with E-state index in [0.717, 1.165) is 36.1 Å². The van der Waals surface area contributed by atoms with E-state index in [1.54, 1.807) is 23.1 Å². The van der Waals surface area contributed by atoms with Crippen molar-refractivity contribution in [2.75, 3.05) is 30.4 Å². The molecule has 35 heavy (non-hydrogen) atoms. The van der Waals surface area contributed by atoms with Crippen molar-refractivity contribution in [3.8, 4) is 22.8 Å². The molecule has 6 rings (SSSR count). The smallest absolute Gasteiger partial charge is 0.255 e. The van der Waals surface area contributed by atoms with E-state index in [1.165, 1.54) is 19.8 Å². The Balaban J connectivity index is 1.38. The summed E-state index contributed by atoms with van der Waals surface area (Å²) in [6.07, 6.45) is 2.25. The number of aliphatic hydroxyl groups excluding tert-OH is 1. The summed E-state index contributed by atoms with van der Waals surface area (Å²) in [6.45, 7) is 0.472. The Hall–Kier alpha value is -3.37. The van der Waals surface area contributed by atoms with Crippen LogP contribution in [-0.4, -0.2) is 47.2 Å². The molecule has 3 aromatic rings. The highest BCUT2D eigenvalue weighted by Crippen LogP contribution is 2.58. The van der Waals surface area contributed by atoms with Crippen LogP contribution in [0.1, 0.15) is 30.4 Å². The molecule has 2 unspecified atom stereocenters. The monoisotopic (exact) mass is 495 g/mol. The van der Waals surface area contributed by atoms with E-state index in [-0.39, 0.29) is 11.3 Å². The molecule has 2 N–H and O–H groups in total. The van der Waals surface area contributed by atoms with E-state index >= 15 is 0 Å². The van der Waals surface area contributed by atoms with E-state index in [1.807, 2.05) is 12.1 Å². The molecule has 1 saturated carbocycles. The van der Waals surface area contributed by atoms with Crippen molar-refractivity contribution in [1.82, 2.24) is 5.16 Å². The van der Waals surface area contributed by atoms with Gasteiger partial charge in [-0.15, -0.1) is 0 Å². The molecule has 182 valence electrons. The van der Waals surface area contributed by atoms with Gasteiger partial charge in [0.2, 0.25) is 0 Å². The molecule has 0 bridgehead atoms. The van der Waals surface area contributed by atoms with E-state index in [9.17, 15) is 14.1 Å². The summed E-state index contributed by atoms with van der Waals surface area (Å²) < 4.78 is 33.0. The Morgan fingerprint density at radius 1 is 1.20 bits per heavy atom. The summed E-state index contributed by atoms with van der Waals surface area (Å²) in [7, 11) is 1.32. The zero-order chi connectivity index (χ0) is 24.3. The van der Waals surface area contributed by atoms with Crippen molar-refractivity contribution in [1.29, 1.82) is 0 Å². The maximum atomic E-state index is 13.4. The molecule has 1 amide bonds. The van der Waals surface area contributed by atoms with Gasteiger partial charge in [-0.25, -0.2) is 4.21 Å². The average molecular weight is 496 g/mol. The number of amides is 1. The van der Waals surface area contributed by atoms with Crippen LogP contribution in [0.3, 0.4) is 0 Å². The van der Waals surface area contributed by atoms with Gasteiger partial charge < -0.3 is 24.0 Å². The molecule has 2 heterocycles. The van der Waals surface area contributed by atoms with Crippen LogP contribution in [0.25, 0.3) is 11.3 Å². The molecule has 2 fully saturated rings. The summed E-state index contributed by atoms with van der Waals surface area (Å²) in [5, 5.41) is 14.1. The molecule has 1 aliphatic heterocycles. The number of hydrogen-bond donors (Lipinski definition) is 2. The number of methoxy groups -OCH3 is 2. The maximum absolute atomic E-state index is 13.4. The fourth-order valence-electron chi connectivity index (χ4n) is 5.21. The summed E-state index contributed by atoms with van der Waals surface area (Å²) in [6, 6.07) is 11.2. The van der Waals surface area contributed by atoms with Gasteiger partial charge in [-0.1, -0.05) is 17.3 Å². The number of nitrogens with zero attached hydrogens (tertiary/aromatic N) is 2. The number of anilines is 2. The fraction of sp³-hybridized carbons (Fsp3) is 0.360. The molecule has 3 aliphatic rings. The van der Waals surface area contributed by atoms with Gasteiger partial charge in [-0.2, -0.15) is 0 Å². The van der Waals surface area contributed by atoms with E-state index < -0.39 is 17.1 Å². The Bertz CT molecular complexity index is 1340. The summed E-state index contributed by atoms with van der Waals surface area (Å²) >= 11 is 0. The first kappa shape index (κ1) is 22.1. The van der Waals surface area contributed by atoms with Crippen molar-refractivity contribution in [2.45, 2.75) is 42.1 Å². The Morgan fingerprint density at radius 3 is 2.57 bits per heavy atom. The van der Waals surface area contributed by atoms with Crippen LogP contribution in [0.4, 0.5) is 11.5 Å². The van der Waals surface area contributed by atoms with Crippen molar-refractivity contribution < 1.29 is 28.1 Å². The molecule has 2 aromatic carbocycles. The van der Waals surface area contributed by atoms with Crippen LogP contribution in [0.15, 0.2) is 45.8 Å². The number of carbonyl (C=O) groups is 1. The number of benzene rings is 2. The highest BCUT2D eigenvalue weighted by Gasteiger charge is 2.50. The molecular weight excluding hydrogens is 470 g/mol. The summed E-state index contributed by atoms with van der Waals surface area (Å²) in [5.74, 6) is 1.62. The predicted molar refractivity (Wildman–Crippen MR) is 129 cm³/mol. The van der Waals surface area contributed by atoms with Gasteiger partial charge in [0.25, 0.3) is 5.91 Å². The highest BCUT2D eigenvalue weighted by atomic mass is 32.2. The van der Waals surface area contributed by atoms with Crippen LogP contribution < -0.4 is 19.1 Å². The lowest BCUT2D eigenvalue weighted by Crippen LogP contribution is -2.29. The number of ether oxygens (including phenoxy) is 2. The number of aliphatic hydroxyl groups is 1. The van der Waals surface area contributed by atoms with Crippen molar-refractivity contribution in [3.63, 3.8) is 0 Å². The Morgan fingerprint density at radius 2 is 1.94 bits per heavy atom. The second kappa shape index (κ2) is 8.10. The van der Waals surface area contributed by atoms with Crippen LogP contribution in [-0.2, 0) is 27.6 Å². The first-order chi connectivity index (χ1) is 17.0. The molecule has 1 spiro atoms. The van der Waals surface area contributed by atoms with Crippen molar-refractivity contribution >= 4 is 28.4 Å². The van der Waals surface area contributed by atoms with Crippen molar-refractivity contribution in [2.24, 2.45) is 0 Å². The number of aromatic nitrogens is 1. The standard InChI is InChI=1S/C25H25N3O6S/c1-32-19-4-3-5-20(33-2)22(19)35(31)27-23-16-13-25(9-10-25)17-7-6-14(12-15(17)21(16)34-26-23)28-11-8-18(29)24(28)30/h3-7,12,18,29H,8-11,13H2,1-2H3,(H,26,27). The van der Waals surface area contributed by atoms with Gasteiger partial charge in [0.1, 0.15) is 22.5 Å². The molecule has 2 atom stereocenters. The lowest BCUT2D eigenvalue weighted by molar-refractivity contribution is -0.123. The molecule has 10 heteroatoms. The average Bonchev–Trinajstić information content (AvgIpc) is 3.42. The number of nitrogens with one attached hydrogen (secondary N) is 1. The zero-order valence-electron chi connectivity index (χ0n) is 19.4. The Kier molecular flexibility index (Phi) is 5.12. The van der Waals surface area contributed by atoms with Gasteiger partial charge in [-0.3, -0.25) is 9.52 Å².